The van der Waals surface area contributed by atoms with Crippen molar-refractivity contribution in [1.29, 1.82) is 0 Å². The Hall–Kier alpha value is -1.39. The second-order valence-electron chi connectivity index (χ2n) is 5.82. The lowest BCUT2D eigenvalue weighted by Gasteiger charge is -2.15. The SMILES string of the molecule is Cc1ccc(CN2C(=O)/C(=C/[C@@H]3CC=CCC3)SC2=S)cc1. The number of thiocarbonyl (C=S) groups is 1. The standard InChI is InChI=1S/C18H19NOS2/c1-13-7-9-15(10-8-13)12-19-17(20)16(22-18(19)21)11-14-5-3-2-4-6-14/h2-3,7-11,14H,4-6,12H2,1H3/b16-11-/t14-/m1/s1. The topological polar surface area (TPSA) is 20.3 Å². The fourth-order valence-corrected chi connectivity index (χ4v) is 4.03. The molecule has 0 radical (unpaired) electrons. The number of hydrogen-bond donors (Lipinski definition) is 0. The van der Waals surface area contributed by atoms with Crippen LogP contribution in [0.25, 0.3) is 0 Å². The summed E-state index contributed by atoms with van der Waals surface area (Å²) >= 11 is 6.84. The van der Waals surface area contributed by atoms with Crippen LogP contribution in [0.3, 0.4) is 0 Å². The average Bonchev–Trinajstić information content (AvgIpc) is 2.78. The first-order chi connectivity index (χ1) is 10.6. The number of rotatable bonds is 3. The van der Waals surface area contributed by atoms with Gasteiger partial charge in [0.25, 0.3) is 5.91 Å². The van der Waals surface area contributed by atoms with Crippen LogP contribution in [0.5, 0.6) is 0 Å². The molecule has 1 amide bonds. The number of carbonyl (C=O) groups excluding carboxylic acids is 1. The second kappa shape index (κ2) is 6.80. The third kappa shape index (κ3) is 3.50. The molecule has 1 heterocycles. The van der Waals surface area contributed by atoms with Crippen LogP contribution in [0.15, 0.2) is 47.4 Å². The first-order valence-corrected chi connectivity index (χ1v) is 8.82. The van der Waals surface area contributed by atoms with Crippen molar-refractivity contribution in [2.24, 2.45) is 5.92 Å². The van der Waals surface area contributed by atoms with Gasteiger partial charge in [-0.15, -0.1) is 0 Å². The largest absolute Gasteiger partial charge is 0.288 e. The summed E-state index contributed by atoms with van der Waals surface area (Å²) in [6, 6.07) is 8.25. The highest BCUT2D eigenvalue weighted by Gasteiger charge is 2.32. The van der Waals surface area contributed by atoms with E-state index < -0.39 is 0 Å². The summed E-state index contributed by atoms with van der Waals surface area (Å²) < 4.78 is 0.670. The Balaban J connectivity index is 1.72. The summed E-state index contributed by atoms with van der Waals surface area (Å²) in [5.74, 6) is 0.531. The first kappa shape index (κ1) is 15.5. The van der Waals surface area contributed by atoms with Gasteiger partial charge in [0.1, 0.15) is 4.32 Å². The highest BCUT2D eigenvalue weighted by atomic mass is 32.2. The van der Waals surface area contributed by atoms with E-state index in [0.717, 1.165) is 29.7 Å². The van der Waals surface area contributed by atoms with E-state index in [0.29, 0.717) is 16.8 Å². The fourth-order valence-electron chi connectivity index (χ4n) is 2.71. The number of amides is 1. The summed E-state index contributed by atoms with van der Waals surface area (Å²) in [5.41, 5.74) is 2.34. The van der Waals surface area contributed by atoms with E-state index in [1.54, 1.807) is 4.90 Å². The van der Waals surface area contributed by atoms with E-state index in [1.165, 1.54) is 17.3 Å². The molecule has 0 N–H and O–H groups in total. The number of allylic oxidation sites excluding steroid dienone is 3. The fraction of sp³-hybridized carbons (Fsp3) is 0.333. The third-order valence-electron chi connectivity index (χ3n) is 4.03. The van der Waals surface area contributed by atoms with E-state index in [-0.39, 0.29) is 5.91 Å². The Bertz CT molecular complexity index is 646. The number of nitrogens with zero attached hydrogens (tertiary/aromatic N) is 1. The monoisotopic (exact) mass is 329 g/mol. The van der Waals surface area contributed by atoms with Crippen LogP contribution in [0, 0.1) is 12.8 Å². The van der Waals surface area contributed by atoms with Gasteiger partial charge in [0.15, 0.2) is 0 Å². The summed E-state index contributed by atoms with van der Waals surface area (Å²) in [6.45, 7) is 2.62. The van der Waals surface area contributed by atoms with Crippen LogP contribution in [0.2, 0.25) is 0 Å². The third-order valence-corrected chi connectivity index (χ3v) is 5.43. The molecule has 2 nitrogen and oxygen atoms in total. The Morgan fingerprint density at radius 1 is 1.32 bits per heavy atom. The van der Waals surface area contributed by atoms with Gasteiger partial charge in [-0.25, -0.2) is 0 Å². The summed E-state index contributed by atoms with van der Waals surface area (Å²) in [4.78, 5) is 15.1. The van der Waals surface area contributed by atoms with E-state index in [4.69, 9.17) is 12.2 Å². The highest BCUT2D eigenvalue weighted by Crippen LogP contribution is 2.34. The molecule has 1 aliphatic heterocycles. The van der Waals surface area contributed by atoms with Gasteiger partial charge in [0.05, 0.1) is 11.4 Å². The van der Waals surface area contributed by atoms with Gasteiger partial charge in [-0.3, -0.25) is 9.69 Å². The maximum Gasteiger partial charge on any atom is 0.266 e. The number of hydrogen-bond acceptors (Lipinski definition) is 3. The predicted molar refractivity (Wildman–Crippen MR) is 96.5 cm³/mol. The minimum Gasteiger partial charge on any atom is -0.288 e. The smallest absolute Gasteiger partial charge is 0.266 e. The minimum absolute atomic E-state index is 0.0603. The van der Waals surface area contributed by atoms with E-state index >= 15 is 0 Å². The molecule has 0 saturated carbocycles. The van der Waals surface area contributed by atoms with Gasteiger partial charge in [0, 0.05) is 0 Å². The van der Waals surface area contributed by atoms with Crippen LogP contribution in [-0.2, 0) is 11.3 Å². The van der Waals surface area contributed by atoms with E-state index in [1.807, 2.05) is 0 Å². The Morgan fingerprint density at radius 2 is 2.09 bits per heavy atom. The van der Waals surface area contributed by atoms with Crippen LogP contribution in [-0.4, -0.2) is 15.1 Å². The highest BCUT2D eigenvalue weighted by molar-refractivity contribution is 8.26. The van der Waals surface area contributed by atoms with Gasteiger partial charge in [-0.1, -0.05) is 72.0 Å². The molecule has 22 heavy (non-hydrogen) atoms. The average molecular weight is 329 g/mol. The lowest BCUT2D eigenvalue weighted by Crippen LogP contribution is -2.27. The van der Waals surface area contributed by atoms with Crippen molar-refractivity contribution < 1.29 is 4.79 Å². The molecular weight excluding hydrogens is 310 g/mol. The number of carbonyl (C=O) groups is 1. The zero-order valence-corrected chi connectivity index (χ0v) is 14.3. The van der Waals surface area contributed by atoms with Crippen molar-refractivity contribution >= 4 is 34.2 Å². The number of thioether (sulfide) groups is 1. The molecule has 0 spiro atoms. The maximum atomic E-state index is 12.6. The van der Waals surface area contributed by atoms with Gasteiger partial charge in [0.2, 0.25) is 0 Å². The number of aryl methyl sites for hydroxylation is 1. The molecule has 1 aromatic carbocycles. The molecule has 1 aliphatic carbocycles. The maximum absolute atomic E-state index is 12.6. The zero-order chi connectivity index (χ0) is 15.5. The molecule has 1 atom stereocenters. The lowest BCUT2D eigenvalue weighted by atomic mass is 9.94. The molecule has 0 aromatic heterocycles. The first-order valence-electron chi connectivity index (χ1n) is 7.59. The molecule has 2 aliphatic rings. The van der Waals surface area contributed by atoms with Crippen molar-refractivity contribution in [2.75, 3.05) is 0 Å². The van der Waals surface area contributed by atoms with Gasteiger partial charge >= 0.3 is 0 Å². The van der Waals surface area contributed by atoms with Crippen molar-refractivity contribution in [3.8, 4) is 0 Å². The molecule has 1 aromatic rings. The van der Waals surface area contributed by atoms with Gasteiger partial charge < -0.3 is 0 Å². The van der Waals surface area contributed by atoms with Gasteiger partial charge in [-0.05, 0) is 37.7 Å². The van der Waals surface area contributed by atoms with Crippen LogP contribution < -0.4 is 0 Å². The molecule has 4 heteroatoms. The van der Waals surface area contributed by atoms with Gasteiger partial charge in [-0.2, -0.15) is 0 Å². The van der Waals surface area contributed by atoms with Crippen molar-refractivity contribution in [3.63, 3.8) is 0 Å². The summed E-state index contributed by atoms with van der Waals surface area (Å²) in [5, 5.41) is 0. The second-order valence-corrected chi connectivity index (χ2v) is 7.50. The Kier molecular flexibility index (Phi) is 4.79. The van der Waals surface area contributed by atoms with Crippen molar-refractivity contribution in [1.82, 2.24) is 4.90 Å². The van der Waals surface area contributed by atoms with Crippen LogP contribution in [0.1, 0.15) is 30.4 Å². The Morgan fingerprint density at radius 3 is 2.77 bits per heavy atom. The normalized spacial score (nSPS) is 23.6. The van der Waals surface area contributed by atoms with Crippen LogP contribution in [0.4, 0.5) is 0 Å². The molecule has 0 unspecified atom stereocenters. The predicted octanol–water partition coefficient (Wildman–Crippen LogP) is 4.60. The quantitative estimate of drug-likeness (QED) is 0.459. The molecule has 1 saturated heterocycles. The van der Waals surface area contributed by atoms with E-state index in [9.17, 15) is 4.79 Å². The summed E-state index contributed by atoms with van der Waals surface area (Å²) in [6.07, 6.45) is 9.80. The van der Waals surface area contributed by atoms with Crippen LogP contribution >= 0.6 is 24.0 Å². The molecule has 114 valence electrons. The molecular formula is C18H19NOS2. The molecule has 3 rings (SSSR count). The minimum atomic E-state index is 0.0603. The lowest BCUT2D eigenvalue weighted by molar-refractivity contribution is -0.122. The zero-order valence-electron chi connectivity index (χ0n) is 12.6. The van der Waals surface area contributed by atoms with Crippen molar-refractivity contribution in [2.45, 2.75) is 32.7 Å². The number of benzene rings is 1. The van der Waals surface area contributed by atoms with E-state index in [2.05, 4.69) is 49.4 Å². The molecule has 0 bridgehead atoms. The van der Waals surface area contributed by atoms with Crippen molar-refractivity contribution in [3.05, 3.63) is 58.5 Å². The molecule has 1 fully saturated rings. The Labute approximate surface area is 141 Å². The summed E-state index contributed by atoms with van der Waals surface area (Å²) in [7, 11) is 0.